The molecule has 2 rings (SSSR count). The second-order valence-electron chi connectivity index (χ2n) is 5.28. The van der Waals surface area contributed by atoms with E-state index in [0.717, 1.165) is 23.1 Å². The van der Waals surface area contributed by atoms with E-state index in [1.807, 2.05) is 19.1 Å². The predicted molar refractivity (Wildman–Crippen MR) is 79.2 cm³/mol. The lowest BCUT2D eigenvalue weighted by atomic mass is 9.99. The number of hydrogen-bond acceptors (Lipinski definition) is 3. The lowest BCUT2D eigenvalue weighted by Crippen LogP contribution is -2.23. The Morgan fingerprint density at radius 3 is 2.63 bits per heavy atom. The molecule has 0 aromatic heterocycles. The van der Waals surface area contributed by atoms with Crippen molar-refractivity contribution in [3.8, 4) is 11.5 Å². The molecule has 1 aromatic rings. The van der Waals surface area contributed by atoms with Crippen LogP contribution in [0.5, 0.6) is 11.5 Å². The molecule has 0 amide bonds. The molecule has 1 saturated carbocycles. The fourth-order valence-electron chi connectivity index (χ4n) is 2.87. The number of methoxy groups -OCH3 is 1. The van der Waals surface area contributed by atoms with Crippen LogP contribution in [0.25, 0.3) is 0 Å². The quantitative estimate of drug-likeness (QED) is 0.838. The summed E-state index contributed by atoms with van der Waals surface area (Å²) >= 11 is 0. The van der Waals surface area contributed by atoms with Gasteiger partial charge in [0.05, 0.1) is 13.7 Å². The summed E-state index contributed by atoms with van der Waals surface area (Å²) in [5.74, 6) is 2.41. The minimum Gasteiger partial charge on any atom is -0.493 e. The number of nitrogens with one attached hydrogen (secondary N) is 1. The van der Waals surface area contributed by atoms with E-state index in [1.54, 1.807) is 7.11 Å². The SMILES string of the molecule is CCOc1cc(NC(C)C2CCCC2)ccc1OC. The molecule has 0 bridgehead atoms. The number of ether oxygens (including phenoxy) is 2. The van der Waals surface area contributed by atoms with Gasteiger partial charge in [0.1, 0.15) is 0 Å². The lowest BCUT2D eigenvalue weighted by molar-refractivity contribution is 0.311. The van der Waals surface area contributed by atoms with Crippen LogP contribution in [-0.2, 0) is 0 Å². The summed E-state index contributed by atoms with van der Waals surface area (Å²) in [5, 5.41) is 3.60. The molecule has 1 atom stereocenters. The highest BCUT2D eigenvalue weighted by atomic mass is 16.5. The van der Waals surface area contributed by atoms with Crippen molar-refractivity contribution in [3.05, 3.63) is 18.2 Å². The summed E-state index contributed by atoms with van der Waals surface area (Å²) in [5.41, 5.74) is 1.11. The highest BCUT2D eigenvalue weighted by Gasteiger charge is 2.21. The van der Waals surface area contributed by atoms with Crippen molar-refractivity contribution in [1.82, 2.24) is 0 Å². The average molecular weight is 263 g/mol. The molecule has 1 fully saturated rings. The third kappa shape index (κ3) is 3.55. The van der Waals surface area contributed by atoms with Gasteiger partial charge in [-0.15, -0.1) is 0 Å². The van der Waals surface area contributed by atoms with Crippen LogP contribution in [0.2, 0.25) is 0 Å². The van der Waals surface area contributed by atoms with Gasteiger partial charge in [0.25, 0.3) is 0 Å². The summed E-state index contributed by atoms with van der Waals surface area (Å²) in [6.07, 6.45) is 5.46. The van der Waals surface area contributed by atoms with Crippen LogP contribution in [0.15, 0.2) is 18.2 Å². The topological polar surface area (TPSA) is 30.5 Å². The lowest BCUT2D eigenvalue weighted by Gasteiger charge is -2.22. The molecular formula is C16H25NO2. The smallest absolute Gasteiger partial charge is 0.163 e. The van der Waals surface area contributed by atoms with Crippen LogP contribution in [0, 0.1) is 5.92 Å². The first-order valence-electron chi connectivity index (χ1n) is 7.32. The normalized spacial score (nSPS) is 17.2. The maximum Gasteiger partial charge on any atom is 0.163 e. The van der Waals surface area contributed by atoms with Gasteiger partial charge in [0.15, 0.2) is 11.5 Å². The van der Waals surface area contributed by atoms with Gasteiger partial charge in [-0.2, -0.15) is 0 Å². The third-order valence-corrected chi connectivity index (χ3v) is 3.96. The van der Waals surface area contributed by atoms with Crippen molar-refractivity contribution in [2.45, 2.75) is 45.6 Å². The van der Waals surface area contributed by atoms with Gasteiger partial charge in [-0.1, -0.05) is 12.8 Å². The first-order chi connectivity index (χ1) is 9.24. The maximum atomic E-state index is 5.61. The average Bonchev–Trinajstić information content (AvgIpc) is 2.93. The van der Waals surface area contributed by atoms with Gasteiger partial charge in [-0.05, 0) is 44.7 Å². The summed E-state index contributed by atoms with van der Waals surface area (Å²) in [6.45, 7) is 4.92. The van der Waals surface area contributed by atoms with Crippen LogP contribution < -0.4 is 14.8 Å². The highest BCUT2D eigenvalue weighted by molar-refractivity contribution is 5.55. The number of hydrogen-bond donors (Lipinski definition) is 1. The fraction of sp³-hybridized carbons (Fsp3) is 0.625. The zero-order chi connectivity index (χ0) is 13.7. The Bertz CT molecular complexity index is 400. The van der Waals surface area contributed by atoms with Crippen LogP contribution in [0.1, 0.15) is 39.5 Å². The van der Waals surface area contributed by atoms with E-state index >= 15 is 0 Å². The largest absolute Gasteiger partial charge is 0.493 e. The molecule has 19 heavy (non-hydrogen) atoms. The van der Waals surface area contributed by atoms with Crippen molar-refractivity contribution >= 4 is 5.69 Å². The molecule has 1 N–H and O–H groups in total. The summed E-state index contributed by atoms with van der Waals surface area (Å²) in [4.78, 5) is 0. The molecule has 0 heterocycles. The van der Waals surface area contributed by atoms with E-state index in [9.17, 15) is 0 Å². The molecule has 0 spiro atoms. The second kappa shape index (κ2) is 6.69. The van der Waals surface area contributed by atoms with Gasteiger partial charge in [-0.25, -0.2) is 0 Å². The maximum absolute atomic E-state index is 5.61. The first-order valence-corrected chi connectivity index (χ1v) is 7.32. The molecule has 3 heteroatoms. The Kier molecular flexibility index (Phi) is 4.94. The van der Waals surface area contributed by atoms with Gasteiger partial charge in [0.2, 0.25) is 0 Å². The molecule has 0 radical (unpaired) electrons. The molecule has 106 valence electrons. The van der Waals surface area contributed by atoms with E-state index < -0.39 is 0 Å². The molecule has 0 aliphatic heterocycles. The Labute approximate surface area is 116 Å². The van der Waals surface area contributed by atoms with E-state index in [0.29, 0.717) is 12.6 Å². The minimum absolute atomic E-state index is 0.519. The van der Waals surface area contributed by atoms with Gasteiger partial charge >= 0.3 is 0 Å². The number of anilines is 1. The Hall–Kier alpha value is -1.38. The standard InChI is InChI=1S/C16H25NO2/c1-4-19-16-11-14(9-10-15(16)18-3)17-12(2)13-7-5-6-8-13/h9-13,17H,4-8H2,1-3H3. The third-order valence-electron chi connectivity index (χ3n) is 3.96. The zero-order valence-electron chi connectivity index (χ0n) is 12.2. The number of rotatable bonds is 6. The number of benzene rings is 1. The summed E-state index contributed by atoms with van der Waals surface area (Å²) in [6, 6.07) is 6.58. The second-order valence-corrected chi connectivity index (χ2v) is 5.28. The molecule has 1 aliphatic carbocycles. The molecule has 3 nitrogen and oxygen atoms in total. The van der Waals surface area contributed by atoms with Crippen LogP contribution in [0.4, 0.5) is 5.69 Å². The predicted octanol–water partition coefficient (Wildman–Crippen LogP) is 4.08. The fourth-order valence-corrected chi connectivity index (χ4v) is 2.87. The monoisotopic (exact) mass is 263 g/mol. The Morgan fingerprint density at radius 1 is 1.26 bits per heavy atom. The molecule has 0 saturated heterocycles. The summed E-state index contributed by atoms with van der Waals surface area (Å²) in [7, 11) is 1.67. The molecule has 1 aromatic carbocycles. The minimum atomic E-state index is 0.519. The van der Waals surface area contributed by atoms with Crippen LogP contribution >= 0.6 is 0 Å². The van der Waals surface area contributed by atoms with Crippen molar-refractivity contribution in [3.63, 3.8) is 0 Å². The first kappa shape index (κ1) is 14.0. The van der Waals surface area contributed by atoms with Crippen molar-refractivity contribution in [1.29, 1.82) is 0 Å². The summed E-state index contributed by atoms with van der Waals surface area (Å²) < 4.78 is 10.9. The van der Waals surface area contributed by atoms with E-state index in [1.165, 1.54) is 25.7 Å². The van der Waals surface area contributed by atoms with Gasteiger partial charge in [0, 0.05) is 17.8 Å². The zero-order valence-corrected chi connectivity index (χ0v) is 12.2. The molecule has 1 aliphatic rings. The van der Waals surface area contributed by atoms with E-state index in [2.05, 4.69) is 18.3 Å². The van der Waals surface area contributed by atoms with Crippen molar-refractivity contribution in [2.24, 2.45) is 5.92 Å². The van der Waals surface area contributed by atoms with E-state index in [4.69, 9.17) is 9.47 Å². The van der Waals surface area contributed by atoms with Crippen molar-refractivity contribution in [2.75, 3.05) is 19.0 Å². The Morgan fingerprint density at radius 2 is 2.00 bits per heavy atom. The van der Waals surface area contributed by atoms with Gasteiger partial charge in [-0.3, -0.25) is 0 Å². The van der Waals surface area contributed by atoms with Gasteiger partial charge < -0.3 is 14.8 Å². The molecular weight excluding hydrogens is 238 g/mol. The van der Waals surface area contributed by atoms with Crippen LogP contribution in [0.3, 0.4) is 0 Å². The highest BCUT2D eigenvalue weighted by Crippen LogP contribution is 2.33. The van der Waals surface area contributed by atoms with Crippen LogP contribution in [-0.4, -0.2) is 19.8 Å². The molecule has 1 unspecified atom stereocenters. The van der Waals surface area contributed by atoms with Crippen molar-refractivity contribution < 1.29 is 9.47 Å². The van der Waals surface area contributed by atoms with E-state index in [-0.39, 0.29) is 0 Å². The Balaban J connectivity index is 2.04.